The Hall–Kier alpha value is -3.40. The van der Waals surface area contributed by atoms with E-state index in [4.69, 9.17) is 4.74 Å². The lowest BCUT2D eigenvalue weighted by molar-refractivity contribution is -0.133. The van der Waals surface area contributed by atoms with Crippen LogP contribution in [-0.2, 0) is 17.8 Å². The highest BCUT2D eigenvalue weighted by molar-refractivity contribution is 5.99. The van der Waals surface area contributed by atoms with Gasteiger partial charge in [0.15, 0.2) is 5.78 Å². The summed E-state index contributed by atoms with van der Waals surface area (Å²) in [6, 6.07) is 27.7. The van der Waals surface area contributed by atoms with E-state index in [1.165, 1.54) is 5.56 Å². The molecule has 176 valence electrons. The third-order valence-corrected chi connectivity index (χ3v) is 6.65. The summed E-state index contributed by atoms with van der Waals surface area (Å²) in [5, 5.41) is 0. The number of benzene rings is 3. The SMILES string of the molecule is CC(CC(=O)N1CCC(Cc2ccccc2)CC1)C(=O)c1ccc(OCc2ccccc2)cc1. The van der Waals surface area contributed by atoms with E-state index in [1.54, 1.807) is 12.1 Å². The Balaban J connectivity index is 1.22. The average Bonchev–Trinajstić information content (AvgIpc) is 2.89. The van der Waals surface area contributed by atoms with Gasteiger partial charge in [-0.3, -0.25) is 9.59 Å². The zero-order chi connectivity index (χ0) is 23.8. The second-order valence-corrected chi connectivity index (χ2v) is 9.28. The summed E-state index contributed by atoms with van der Waals surface area (Å²) in [5.41, 5.74) is 3.08. The fourth-order valence-electron chi connectivity index (χ4n) is 4.56. The molecule has 1 aliphatic heterocycles. The number of carbonyl (C=O) groups is 2. The van der Waals surface area contributed by atoms with Gasteiger partial charge in [0.1, 0.15) is 12.4 Å². The summed E-state index contributed by atoms with van der Waals surface area (Å²) in [7, 11) is 0. The van der Waals surface area contributed by atoms with Gasteiger partial charge in [-0.05, 0) is 60.6 Å². The van der Waals surface area contributed by atoms with E-state index in [0.717, 1.165) is 43.7 Å². The van der Waals surface area contributed by atoms with Crippen molar-refractivity contribution in [3.8, 4) is 5.75 Å². The standard InChI is InChI=1S/C30H33NO3/c1-23(20-29(32)31-18-16-25(17-19-31)21-24-8-4-2-5-9-24)30(33)27-12-14-28(15-13-27)34-22-26-10-6-3-7-11-26/h2-15,23,25H,16-22H2,1H3. The van der Waals surface area contributed by atoms with Crippen LogP contribution in [0.25, 0.3) is 0 Å². The minimum absolute atomic E-state index is 0.00178. The first-order chi connectivity index (χ1) is 16.6. The summed E-state index contributed by atoms with van der Waals surface area (Å²) in [6.07, 6.45) is 3.37. The van der Waals surface area contributed by atoms with Crippen LogP contribution in [0.5, 0.6) is 5.75 Å². The minimum atomic E-state index is -0.342. The molecule has 3 aromatic rings. The molecular formula is C30H33NO3. The highest BCUT2D eigenvalue weighted by atomic mass is 16.5. The van der Waals surface area contributed by atoms with E-state index in [0.29, 0.717) is 18.1 Å². The van der Waals surface area contributed by atoms with Crippen LogP contribution in [0.4, 0.5) is 0 Å². The van der Waals surface area contributed by atoms with Crippen LogP contribution in [-0.4, -0.2) is 29.7 Å². The Morgan fingerprint density at radius 1 is 0.853 bits per heavy atom. The number of rotatable bonds is 9. The first-order valence-electron chi connectivity index (χ1n) is 12.2. The van der Waals surface area contributed by atoms with Crippen molar-refractivity contribution >= 4 is 11.7 Å². The fourth-order valence-corrected chi connectivity index (χ4v) is 4.56. The van der Waals surface area contributed by atoms with Gasteiger partial charge in [-0.2, -0.15) is 0 Å². The summed E-state index contributed by atoms with van der Waals surface area (Å²) in [5.74, 6) is 1.09. The Morgan fingerprint density at radius 3 is 2.06 bits per heavy atom. The third-order valence-electron chi connectivity index (χ3n) is 6.65. The van der Waals surface area contributed by atoms with Crippen LogP contribution in [0.3, 0.4) is 0 Å². The van der Waals surface area contributed by atoms with Gasteiger partial charge >= 0.3 is 0 Å². The van der Waals surface area contributed by atoms with Crippen molar-refractivity contribution in [2.75, 3.05) is 13.1 Å². The predicted octanol–water partition coefficient (Wildman–Crippen LogP) is 5.96. The topological polar surface area (TPSA) is 46.6 Å². The number of ether oxygens (including phenoxy) is 1. The zero-order valence-electron chi connectivity index (χ0n) is 19.9. The molecule has 0 aliphatic carbocycles. The normalized spacial score (nSPS) is 15.0. The van der Waals surface area contributed by atoms with E-state index < -0.39 is 0 Å². The van der Waals surface area contributed by atoms with Gasteiger partial charge in [0.25, 0.3) is 0 Å². The molecule has 4 rings (SSSR count). The third kappa shape index (κ3) is 6.57. The largest absolute Gasteiger partial charge is 0.489 e. The summed E-state index contributed by atoms with van der Waals surface area (Å²) < 4.78 is 5.81. The van der Waals surface area contributed by atoms with Gasteiger partial charge in [0, 0.05) is 31.0 Å². The summed E-state index contributed by atoms with van der Waals surface area (Å²) >= 11 is 0. The molecule has 0 aromatic heterocycles. The molecule has 1 atom stereocenters. The van der Waals surface area contributed by atoms with E-state index in [-0.39, 0.29) is 24.0 Å². The molecule has 3 aromatic carbocycles. The number of likely N-dealkylation sites (tertiary alicyclic amines) is 1. The monoisotopic (exact) mass is 455 g/mol. The van der Waals surface area contributed by atoms with Crippen LogP contribution in [0.2, 0.25) is 0 Å². The maximum Gasteiger partial charge on any atom is 0.223 e. The van der Waals surface area contributed by atoms with Crippen molar-refractivity contribution in [2.24, 2.45) is 11.8 Å². The van der Waals surface area contributed by atoms with E-state index in [1.807, 2.05) is 60.4 Å². The van der Waals surface area contributed by atoms with Crippen molar-refractivity contribution in [2.45, 2.75) is 39.2 Å². The first-order valence-corrected chi connectivity index (χ1v) is 12.2. The molecule has 0 radical (unpaired) electrons. The van der Waals surface area contributed by atoms with E-state index in [9.17, 15) is 9.59 Å². The summed E-state index contributed by atoms with van der Waals surface area (Å²) in [6.45, 7) is 3.90. The molecule has 1 heterocycles. The summed E-state index contributed by atoms with van der Waals surface area (Å²) in [4.78, 5) is 27.7. The predicted molar refractivity (Wildman–Crippen MR) is 135 cm³/mol. The zero-order valence-corrected chi connectivity index (χ0v) is 19.9. The van der Waals surface area contributed by atoms with Crippen LogP contribution in [0, 0.1) is 11.8 Å². The minimum Gasteiger partial charge on any atom is -0.489 e. The number of piperidine rings is 1. The molecule has 0 bridgehead atoms. The van der Waals surface area contributed by atoms with E-state index in [2.05, 4.69) is 24.3 Å². The lowest BCUT2D eigenvalue weighted by Gasteiger charge is -2.32. The molecule has 0 saturated carbocycles. The molecule has 1 amide bonds. The second kappa shape index (κ2) is 11.6. The second-order valence-electron chi connectivity index (χ2n) is 9.28. The number of amides is 1. The van der Waals surface area contributed by atoms with Crippen molar-refractivity contribution in [1.82, 2.24) is 4.90 Å². The van der Waals surface area contributed by atoms with Crippen LogP contribution in [0.1, 0.15) is 47.7 Å². The van der Waals surface area contributed by atoms with Gasteiger partial charge in [0.05, 0.1) is 0 Å². The number of ketones is 1. The average molecular weight is 456 g/mol. The van der Waals surface area contributed by atoms with Crippen molar-refractivity contribution in [3.05, 3.63) is 102 Å². The van der Waals surface area contributed by atoms with Gasteiger partial charge in [-0.1, -0.05) is 67.6 Å². The Labute approximate surface area is 202 Å². The molecule has 0 spiro atoms. The quantitative estimate of drug-likeness (QED) is 0.374. The number of hydrogen-bond donors (Lipinski definition) is 0. The molecule has 4 nitrogen and oxygen atoms in total. The smallest absolute Gasteiger partial charge is 0.223 e. The van der Waals surface area contributed by atoms with Gasteiger partial charge < -0.3 is 9.64 Å². The van der Waals surface area contributed by atoms with Gasteiger partial charge in [-0.25, -0.2) is 0 Å². The van der Waals surface area contributed by atoms with Gasteiger partial charge in [-0.15, -0.1) is 0 Å². The Bertz CT molecular complexity index is 1060. The highest BCUT2D eigenvalue weighted by Gasteiger charge is 2.26. The number of hydrogen-bond acceptors (Lipinski definition) is 3. The highest BCUT2D eigenvalue weighted by Crippen LogP contribution is 2.24. The molecule has 1 saturated heterocycles. The molecule has 0 N–H and O–H groups in total. The maximum atomic E-state index is 12.9. The van der Waals surface area contributed by atoms with E-state index >= 15 is 0 Å². The molecule has 1 aliphatic rings. The van der Waals surface area contributed by atoms with Gasteiger partial charge in [0.2, 0.25) is 5.91 Å². The van der Waals surface area contributed by atoms with Crippen molar-refractivity contribution in [3.63, 3.8) is 0 Å². The fraction of sp³-hybridized carbons (Fsp3) is 0.333. The molecular weight excluding hydrogens is 422 g/mol. The Kier molecular flexibility index (Phi) is 8.13. The first kappa shape index (κ1) is 23.7. The Morgan fingerprint density at radius 2 is 1.44 bits per heavy atom. The molecule has 4 heteroatoms. The lowest BCUT2D eigenvalue weighted by Crippen LogP contribution is -2.40. The number of nitrogens with zero attached hydrogens (tertiary/aromatic N) is 1. The number of carbonyl (C=O) groups excluding carboxylic acids is 2. The molecule has 1 fully saturated rings. The molecule has 1 unspecified atom stereocenters. The van der Waals surface area contributed by atoms with Crippen molar-refractivity contribution in [1.29, 1.82) is 0 Å². The number of Topliss-reactive ketones (excluding diaryl/α,β-unsaturated/α-hetero) is 1. The molecule has 34 heavy (non-hydrogen) atoms. The van der Waals surface area contributed by atoms with Crippen LogP contribution in [0.15, 0.2) is 84.9 Å². The van der Waals surface area contributed by atoms with Crippen LogP contribution >= 0.6 is 0 Å². The maximum absolute atomic E-state index is 12.9. The lowest BCUT2D eigenvalue weighted by atomic mass is 9.89. The van der Waals surface area contributed by atoms with Crippen LogP contribution < -0.4 is 4.74 Å². The van der Waals surface area contributed by atoms with Crippen molar-refractivity contribution < 1.29 is 14.3 Å².